The second-order valence-electron chi connectivity index (χ2n) is 9.59. The monoisotopic (exact) mass is 475 g/mol. The third-order valence-electron chi connectivity index (χ3n) is 5.96. The van der Waals surface area contributed by atoms with E-state index in [4.69, 9.17) is 4.98 Å². The number of nitrogens with zero attached hydrogens (tertiary/aromatic N) is 2. The molecule has 0 aliphatic heterocycles. The number of fused-ring (bicyclic) bond motifs is 1. The molecule has 4 rings (SSSR count). The number of aryl methyl sites for hydroxylation is 2. The van der Waals surface area contributed by atoms with Gasteiger partial charge in [0.05, 0.1) is 18.0 Å². The number of rotatable bonds is 9. The fraction of sp³-hybridized carbons (Fsp3) is 0.357. The zero-order valence-corrected chi connectivity index (χ0v) is 21.2. The maximum Gasteiger partial charge on any atom is 0.260 e. The summed E-state index contributed by atoms with van der Waals surface area (Å²) in [6.07, 6.45) is 0.108. The van der Waals surface area contributed by atoms with Crippen molar-refractivity contribution in [2.45, 2.75) is 46.8 Å². The van der Waals surface area contributed by atoms with Gasteiger partial charge in [0, 0.05) is 24.0 Å². The predicted octanol–water partition coefficient (Wildman–Crippen LogP) is 5.33. The minimum Gasteiger partial charge on any atom is -0.391 e. The summed E-state index contributed by atoms with van der Waals surface area (Å²) in [5.41, 5.74) is 5.34. The van der Waals surface area contributed by atoms with Crippen LogP contribution in [0.1, 0.15) is 36.4 Å². The quantitative estimate of drug-likeness (QED) is 0.343. The number of benzene rings is 2. The van der Waals surface area contributed by atoms with Crippen molar-refractivity contribution < 1.29 is 5.11 Å². The number of aromatic amines is 1. The Hall–Kier alpha value is -2.80. The van der Waals surface area contributed by atoms with Crippen molar-refractivity contribution in [3.05, 3.63) is 86.8 Å². The molecule has 0 amide bonds. The van der Waals surface area contributed by atoms with Crippen molar-refractivity contribution in [1.82, 2.24) is 14.9 Å². The van der Waals surface area contributed by atoms with Crippen LogP contribution in [0.4, 0.5) is 0 Å². The minimum absolute atomic E-state index is 0.105. The fourth-order valence-corrected chi connectivity index (χ4v) is 5.43. The normalized spacial score (nSPS) is 12.7. The van der Waals surface area contributed by atoms with E-state index in [0.717, 1.165) is 33.6 Å². The van der Waals surface area contributed by atoms with Crippen molar-refractivity contribution in [1.29, 1.82) is 0 Å². The molecule has 0 aliphatic carbocycles. The average molecular weight is 476 g/mol. The smallest absolute Gasteiger partial charge is 0.260 e. The van der Waals surface area contributed by atoms with Gasteiger partial charge in [0.1, 0.15) is 10.7 Å². The number of hydrogen-bond donors (Lipinski definition) is 2. The van der Waals surface area contributed by atoms with E-state index in [1.165, 1.54) is 16.9 Å². The molecule has 34 heavy (non-hydrogen) atoms. The van der Waals surface area contributed by atoms with Gasteiger partial charge in [-0.15, -0.1) is 11.3 Å². The summed E-state index contributed by atoms with van der Waals surface area (Å²) < 4.78 is 0. The Morgan fingerprint density at radius 2 is 1.82 bits per heavy atom. The fourth-order valence-electron chi connectivity index (χ4n) is 4.47. The molecule has 2 aromatic carbocycles. The number of aromatic nitrogens is 2. The van der Waals surface area contributed by atoms with Crippen LogP contribution in [0.3, 0.4) is 0 Å². The van der Waals surface area contributed by atoms with E-state index in [1.54, 1.807) is 0 Å². The van der Waals surface area contributed by atoms with Gasteiger partial charge >= 0.3 is 0 Å². The van der Waals surface area contributed by atoms with Gasteiger partial charge in [-0.1, -0.05) is 67.9 Å². The van der Waals surface area contributed by atoms with Gasteiger partial charge in [-0.25, -0.2) is 4.98 Å². The molecule has 5 nitrogen and oxygen atoms in total. The SMILES string of the molecule is Cc1ccc(C)c(-c2csc3nc(CN(CC(C)C)CC(O)Cc4ccccc4)[nH]c(=O)c23)c1. The van der Waals surface area contributed by atoms with E-state index in [0.29, 0.717) is 36.6 Å². The minimum atomic E-state index is -0.491. The molecule has 0 bridgehead atoms. The van der Waals surface area contributed by atoms with Crippen LogP contribution in [0.15, 0.2) is 58.7 Å². The van der Waals surface area contributed by atoms with Gasteiger partial charge in [0.2, 0.25) is 0 Å². The van der Waals surface area contributed by atoms with Crippen LogP contribution >= 0.6 is 11.3 Å². The Morgan fingerprint density at radius 1 is 1.06 bits per heavy atom. The van der Waals surface area contributed by atoms with Crippen molar-refractivity contribution in [2.24, 2.45) is 5.92 Å². The summed E-state index contributed by atoms with van der Waals surface area (Å²) in [5, 5.41) is 13.4. The lowest BCUT2D eigenvalue weighted by molar-refractivity contribution is 0.100. The van der Waals surface area contributed by atoms with E-state index in [2.05, 4.69) is 55.8 Å². The molecule has 178 valence electrons. The first-order valence-electron chi connectivity index (χ1n) is 11.8. The molecular formula is C28H33N3O2S. The van der Waals surface area contributed by atoms with Gasteiger partial charge < -0.3 is 10.1 Å². The summed E-state index contributed by atoms with van der Waals surface area (Å²) in [6.45, 7) is 10.3. The number of H-pyrrole nitrogens is 1. The third-order valence-corrected chi connectivity index (χ3v) is 6.83. The van der Waals surface area contributed by atoms with E-state index >= 15 is 0 Å². The van der Waals surface area contributed by atoms with E-state index in [1.807, 2.05) is 35.7 Å². The average Bonchev–Trinajstić information content (AvgIpc) is 3.20. The summed E-state index contributed by atoms with van der Waals surface area (Å²) in [7, 11) is 0. The number of aliphatic hydroxyl groups excluding tert-OH is 1. The first kappa shape index (κ1) is 24.3. The number of aliphatic hydroxyl groups is 1. The van der Waals surface area contributed by atoms with E-state index < -0.39 is 6.10 Å². The maximum absolute atomic E-state index is 13.2. The molecule has 0 radical (unpaired) electrons. The zero-order valence-electron chi connectivity index (χ0n) is 20.3. The number of nitrogens with one attached hydrogen (secondary N) is 1. The molecule has 2 heterocycles. The van der Waals surface area contributed by atoms with E-state index in [9.17, 15) is 9.90 Å². The topological polar surface area (TPSA) is 69.2 Å². The van der Waals surface area contributed by atoms with Gasteiger partial charge in [0.25, 0.3) is 5.56 Å². The van der Waals surface area contributed by atoms with Crippen LogP contribution in [-0.4, -0.2) is 39.2 Å². The lowest BCUT2D eigenvalue weighted by Crippen LogP contribution is -2.36. The van der Waals surface area contributed by atoms with Crippen LogP contribution in [0.25, 0.3) is 21.3 Å². The van der Waals surface area contributed by atoms with Crippen LogP contribution in [0, 0.1) is 19.8 Å². The molecule has 0 saturated carbocycles. The molecule has 1 atom stereocenters. The van der Waals surface area contributed by atoms with E-state index in [-0.39, 0.29) is 5.56 Å². The molecule has 0 fully saturated rings. The second-order valence-corrected chi connectivity index (χ2v) is 10.5. The van der Waals surface area contributed by atoms with Crippen molar-refractivity contribution >= 4 is 21.6 Å². The molecule has 4 aromatic rings. The summed E-state index contributed by atoms with van der Waals surface area (Å²) in [4.78, 5) is 23.9. The number of thiophene rings is 1. The zero-order chi connectivity index (χ0) is 24.2. The molecule has 2 N–H and O–H groups in total. The first-order valence-corrected chi connectivity index (χ1v) is 12.7. The Bertz CT molecular complexity index is 1310. The van der Waals surface area contributed by atoms with Crippen LogP contribution < -0.4 is 5.56 Å². The molecule has 2 aromatic heterocycles. The van der Waals surface area contributed by atoms with Gasteiger partial charge in [-0.3, -0.25) is 9.69 Å². The predicted molar refractivity (Wildman–Crippen MR) is 141 cm³/mol. The Balaban J connectivity index is 1.58. The second kappa shape index (κ2) is 10.6. The highest BCUT2D eigenvalue weighted by Crippen LogP contribution is 2.33. The summed E-state index contributed by atoms with van der Waals surface area (Å²) in [6, 6.07) is 16.3. The highest BCUT2D eigenvalue weighted by molar-refractivity contribution is 7.17. The van der Waals surface area contributed by atoms with Crippen LogP contribution in [0.5, 0.6) is 0 Å². The molecule has 0 saturated heterocycles. The highest BCUT2D eigenvalue weighted by atomic mass is 32.1. The molecule has 6 heteroatoms. The summed E-state index contributed by atoms with van der Waals surface area (Å²) in [5.74, 6) is 1.07. The van der Waals surface area contributed by atoms with Crippen molar-refractivity contribution in [3.8, 4) is 11.1 Å². The van der Waals surface area contributed by atoms with Gasteiger partial charge in [-0.05, 0) is 42.9 Å². The van der Waals surface area contributed by atoms with Crippen molar-refractivity contribution in [2.75, 3.05) is 13.1 Å². The van der Waals surface area contributed by atoms with Crippen molar-refractivity contribution in [3.63, 3.8) is 0 Å². The molecular weight excluding hydrogens is 442 g/mol. The Kier molecular flexibility index (Phi) is 7.61. The Labute approximate surface area is 205 Å². The molecule has 1 unspecified atom stereocenters. The first-order chi connectivity index (χ1) is 16.3. The lowest BCUT2D eigenvalue weighted by Gasteiger charge is -2.26. The van der Waals surface area contributed by atoms with Crippen LogP contribution in [-0.2, 0) is 13.0 Å². The van der Waals surface area contributed by atoms with Gasteiger partial charge in [0.15, 0.2) is 0 Å². The standard InChI is InChI=1S/C28H33N3O2S/c1-18(2)14-31(15-22(32)13-21-8-6-5-7-9-21)16-25-29-27(33)26-24(17-34-28(26)30-25)23-12-19(3)10-11-20(23)4/h5-12,17-18,22,32H,13-16H2,1-4H3,(H,29,30,33). The summed E-state index contributed by atoms with van der Waals surface area (Å²) >= 11 is 1.51. The van der Waals surface area contributed by atoms with Crippen LogP contribution in [0.2, 0.25) is 0 Å². The number of hydrogen-bond acceptors (Lipinski definition) is 5. The lowest BCUT2D eigenvalue weighted by atomic mass is 9.99. The Morgan fingerprint density at radius 3 is 2.56 bits per heavy atom. The third kappa shape index (κ3) is 5.81. The maximum atomic E-state index is 13.2. The highest BCUT2D eigenvalue weighted by Gasteiger charge is 2.18. The molecule has 0 spiro atoms. The van der Waals surface area contributed by atoms with Gasteiger partial charge in [-0.2, -0.15) is 0 Å². The largest absolute Gasteiger partial charge is 0.391 e. The molecule has 0 aliphatic rings.